The fraction of sp³-hybridized carbons (Fsp3) is 0.471. The summed E-state index contributed by atoms with van der Waals surface area (Å²) < 4.78 is 1.89. The third kappa shape index (κ3) is 2.77. The normalized spacial score (nSPS) is 17.7. The van der Waals surface area contributed by atoms with Crippen molar-refractivity contribution in [2.75, 3.05) is 18.4 Å². The molecular weight excluding hydrogens is 320 g/mol. The number of anilines is 1. The second-order valence-electron chi connectivity index (χ2n) is 7.03. The third-order valence-corrected chi connectivity index (χ3v) is 4.74. The van der Waals surface area contributed by atoms with Crippen LogP contribution >= 0.6 is 0 Å². The first-order valence-corrected chi connectivity index (χ1v) is 8.45. The minimum Gasteiger partial charge on any atom is -0.326 e. The monoisotopic (exact) mass is 340 g/mol. The van der Waals surface area contributed by atoms with Gasteiger partial charge in [-0.25, -0.2) is 9.97 Å². The molecule has 2 aliphatic rings. The summed E-state index contributed by atoms with van der Waals surface area (Å²) in [6.07, 6.45) is 5.07. The molecule has 1 fully saturated rings. The molecule has 1 aliphatic heterocycles. The maximum atomic E-state index is 12.8. The number of fused-ring (bicyclic) bond motifs is 2. The zero-order valence-electron chi connectivity index (χ0n) is 14.3. The van der Waals surface area contributed by atoms with E-state index in [1.807, 2.05) is 10.7 Å². The first-order chi connectivity index (χ1) is 12.0. The number of carbonyl (C=O) groups excluding carboxylic acids is 2. The van der Waals surface area contributed by atoms with Crippen LogP contribution in [0.25, 0.3) is 0 Å². The number of amides is 2. The topological polar surface area (TPSA) is 93.0 Å². The van der Waals surface area contributed by atoms with Crippen molar-refractivity contribution in [2.45, 2.75) is 38.1 Å². The van der Waals surface area contributed by atoms with E-state index in [9.17, 15) is 9.59 Å². The Balaban J connectivity index is 1.54. The Morgan fingerprint density at radius 2 is 2.04 bits per heavy atom. The number of nitrogens with zero attached hydrogens (tertiary/aromatic N) is 5. The summed E-state index contributed by atoms with van der Waals surface area (Å²) in [6.45, 7) is 4.62. The second kappa shape index (κ2) is 5.65. The van der Waals surface area contributed by atoms with Crippen molar-refractivity contribution in [3.05, 3.63) is 35.9 Å². The predicted molar refractivity (Wildman–Crippen MR) is 90.1 cm³/mol. The van der Waals surface area contributed by atoms with E-state index in [-0.39, 0.29) is 35.8 Å². The molecule has 0 saturated heterocycles. The van der Waals surface area contributed by atoms with E-state index >= 15 is 0 Å². The van der Waals surface area contributed by atoms with Gasteiger partial charge in [0, 0.05) is 18.9 Å². The van der Waals surface area contributed by atoms with Gasteiger partial charge in [-0.15, -0.1) is 0 Å². The summed E-state index contributed by atoms with van der Waals surface area (Å²) in [7, 11) is 0. The lowest BCUT2D eigenvalue weighted by Crippen LogP contribution is -2.49. The van der Waals surface area contributed by atoms with Gasteiger partial charge in [0.1, 0.15) is 12.2 Å². The third-order valence-electron chi connectivity index (χ3n) is 4.74. The molecule has 4 rings (SSSR count). The molecule has 2 aromatic rings. The van der Waals surface area contributed by atoms with Gasteiger partial charge in [0.25, 0.3) is 5.91 Å². The van der Waals surface area contributed by atoms with Gasteiger partial charge in [0.15, 0.2) is 0 Å². The van der Waals surface area contributed by atoms with Gasteiger partial charge in [-0.05, 0) is 30.9 Å². The number of hydrogen-bond acceptors (Lipinski definition) is 5. The van der Waals surface area contributed by atoms with Gasteiger partial charge in [-0.3, -0.25) is 19.6 Å². The number of hydrogen-bond donors (Lipinski definition) is 1. The van der Waals surface area contributed by atoms with Crippen LogP contribution in [-0.4, -0.2) is 49.6 Å². The van der Waals surface area contributed by atoms with Crippen LogP contribution in [0.5, 0.6) is 0 Å². The number of carbonyl (C=O) groups is 2. The Bertz CT molecular complexity index is 825. The van der Waals surface area contributed by atoms with Crippen LogP contribution in [0.2, 0.25) is 0 Å². The SMILES string of the molecule is CC(C)c1cc2n(n1)C1(CC1)CN(CC(=O)Nc1ncccn1)C2=O. The van der Waals surface area contributed by atoms with Crippen LogP contribution < -0.4 is 5.32 Å². The smallest absolute Gasteiger partial charge is 0.272 e. The number of rotatable bonds is 4. The highest BCUT2D eigenvalue weighted by Crippen LogP contribution is 2.47. The molecule has 0 unspecified atom stereocenters. The van der Waals surface area contributed by atoms with Gasteiger partial charge in [0.2, 0.25) is 11.9 Å². The van der Waals surface area contributed by atoms with Gasteiger partial charge in [0.05, 0.1) is 11.2 Å². The maximum Gasteiger partial charge on any atom is 0.272 e. The fourth-order valence-corrected chi connectivity index (χ4v) is 3.19. The Hall–Kier alpha value is -2.77. The predicted octanol–water partition coefficient (Wildman–Crippen LogP) is 1.38. The largest absolute Gasteiger partial charge is 0.326 e. The van der Waals surface area contributed by atoms with E-state index in [4.69, 9.17) is 0 Å². The van der Waals surface area contributed by atoms with E-state index < -0.39 is 0 Å². The Kier molecular flexibility index (Phi) is 3.55. The Labute approximate surface area is 145 Å². The molecular formula is C17H20N6O2. The van der Waals surface area contributed by atoms with Gasteiger partial charge >= 0.3 is 0 Å². The van der Waals surface area contributed by atoms with Crippen molar-refractivity contribution in [1.82, 2.24) is 24.6 Å². The average molecular weight is 340 g/mol. The van der Waals surface area contributed by atoms with Gasteiger partial charge in [-0.2, -0.15) is 5.10 Å². The lowest BCUT2D eigenvalue weighted by atomic mass is 10.1. The lowest BCUT2D eigenvalue weighted by molar-refractivity contribution is -0.117. The van der Waals surface area contributed by atoms with Crippen molar-refractivity contribution < 1.29 is 9.59 Å². The molecule has 8 nitrogen and oxygen atoms in total. The van der Waals surface area contributed by atoms with Crippen molar-refractivity contribution in [3.8, 4) is 0 Å². The van der Waals surface area contributed by atoms with Crippen LogP contribution in [0.3, 0.4) is 0 Å². The number of nitrogens with one attached hydrogen (secondary N) is 1. The molecule has 0 bridgehead atoms. The van der Waals surface area contributed by atoms with Crippen LogP contribution in [0.4, 0.5) is 5.95 Å². The molecule has 1 aliphatic carbocycles. The van der Waals surface area contributed by atoms with Crippen molar-refractivity contribution >= 4 is 17.8 Å². The summed E-state index contributed by atoms with van der Waals surface area (Å²) >= 11 is 0. The minimum absolute atomic E-state index is 0.0129. The molecule has 0 aromatic carbocycles. The first kappa shape index (κ1) is 15.7. The van der Waals surface area contributed by atoms with Gasteiger partial charge in [-0.1, -0.05) is 13.8 Å². The maximum absolute atomic E-state index is 12.8. The van der Waals surface area contributed by atoms with E-state index in [1.165, 1.54) is 0 Å². The molecule has 25 heavy (non-hydrogen) atoms. The molecule has 1 spiro atoms. The molecule has 0 radical (unpaired) electrons. The zero-order chi connectivity index (χ0) is 17.6. The average Bonchev–Trinajstić information content (AvgIpc) is 3.19. The summed E-state index contributed by atoms with van der Waals surface area (Å²) in [5.41, 5.74) is 1.36. The molecule has 2 amide bonds. The van der Waals surface area contributed by atoms with Crippen LogP contribution in [0.15, 0.2) is 24.5 Å². The highest BCUT2D eigenvalue weighted by molar-refractivity contribution is 5.98. The Morgan fingerprint density at radius 3 is 2.68 bits per heavy atom. The molecule has 1 saturated carbocycles. The summed E-state index contributed by atoms with van der Waals surface area (Å²) in [5.74, 6) is 0.0485. The van der Waals surface area contributed by atoms with Crippen molar-refractivity contribution in [2.24, 2.45) is 0 Å². The van der Waals surface area contributed by atoms with Crippen LogP contribution in [0, 0.1) is 0 Å². The molecule has 8 heteroatoms. The summed E-state index contributed by atoms with van der Waals surface area (Å²) in [4.78, 5) is 34.6. The molecule has 1 N–H and O–H groups in total. The molecule has 130 valence electrons. The highest BCUT2D eigenvalue weighted by atomic mass is 16.2. The summed E-state index contributed by atoms with van der Waals surface area (Å²) in [5, 5.41) is 7.27. The van der Waals surface area contributed by atoms with Gasteiger partial charge < -0.3 is 4.90 Å². The minimum atomic E-state index is -0.299. The van der Waals surface area contributed by atoms with E-state index in [0.717, 1.165) is 18.5 Å². The Morgan fingerprint density at radius 1 is 1.32 bits per heavy atom. The molecule has 3 heterocycles. The van der Waals surface area contributed by atoms with Crippen LogP contribution in [0.1, 0.15) is 48.8 Å². The first-order valence-electron chi connectivity index (χ1n) is 8.45. The quantitative estimate of drug-likeness (QED) is 0.907. The van der Waals surface area contributed by atoms with E-state index in [2.05, 4.69) is 34.2 Å². The standard InChI is InChI=1S/C17H20N6O2/c1-11(2)12-8-13-15(25)22(10-17(4-5-17)23(13)21-12)9-14(24)20-16-18-6-3-7-19-16/h3,6-8,11H,4-5,9-10H2,1-2H3,(H,18,19,20,24). The van der Waals surface area contributed by atoms with Crippen molar-refractivity contribution in [1.29, 1.82) is 0 Å². The fourth-order valence-electron chi connectivity index (χ4n) is 3.19. The van der Waals surface area contributed by atoms with Crippen LogP contribution in [-0.2, 0) is 10.3 Å². The molecule has 0 atom stereocenters. The second-order valence-corrected chi connectivity index (χ2v) is 7.03. The summed E-state index contributed by atoms with van der Waals surface area (Å²) in [6, 6.07) is 3.53. The van der Waals surface area contributed by atoms with E-state index in [1.54, 1.807) is 23.4 Å². The number of aromatic nitrogens is 4. The lowest BCUT2D eigenvalue weighted by Gasteiger charge is -2.33. The highest BCUT2D eigenvalue weighted by Gasteiger charge is 2.53. The van der Waals surface area contributed by atoms with Crippen molar-refractivity contribution in [3.63, 3.8) is 0 Å². The zero-order valence-corrected chi connectivity index (χ0v) is 14.3. The van der Waals surface area contributed by atoms with E-state index in [0.29, 0.717) is 12.2 Å². The molecule has 2 aromatic heterocycles.